The van der Waals surface area contributed by atoms with Gasteiger partial charge in [0.25, 0.3) is 0 Å². The topological polar surface area (TPSA) is 38.0 Å². The minimum Gasteiger partial charge on any atom is -0.377 e. The van der Waals surface area contributed by atoms with Gasteiger partial charge in [0.05, 0.1) is 16.2 Å². The second-order valence-electron chi connectivity index (χ2n) is 6.29. The van der Waals surface area contributed by atoms with Crippen molar-refractivity contribution in [3.63, 3.8) is 0 Å². The predicted octanol–water partition coefficient (Wildman–Crippen LogP) is 4.54. The molecule has 19 heavy (non-hydrogen) atoms. The minimum atomic E-state index is -0.0761. The Kier molecular flexibility index (Phi) is 6.15. The Bertz CT molecular complexity index is 378. The van der Waals surface area contributed by atoms with E-state index in [1.54, 1.807) is 0 Å². The van der Waals surface area contributed by atoms with Gasteiger partial charge in [-0.05, 0) is 36.8 Å². The van der Waals surface area contributed by atoms with Gasteiger partial charge in [-0.15, -0.1) is 0 Å². The van der Waals surface area contributed by atoms with Crippen LogP contribution in [0.4, 0.5) is 5.69 Å². The number of nitrogens with one attached hydrogen (secondary N) is 1. The second-order valence-corrected chi connectivity index (χ2v) is 6.69. The summed E-state index contributed by atoms with van der Waals surface area (Å²) >= 11 is 6.26. The first-order valence-electron chi connectivity index (χ1n) is 7.11. The standard InChI is InChI=1S/C16H27ClN2/c1-12(2)9-16(11-18,10-13(3)4)19-15-8-6-5-7-14(15)17/h5-8,12-13,19H,9-11,18H2,1-4H3. The average molecular weight is 283 g/mol. The first kappa shape index (κ1) is 16.3. The molecule has 0 unspecified atom stereocenters. The van der Waals surface area contributed by atoms with E-state index >= 15 is 0 Å². The number of anilines is 1. The lowest BCUT2D eigenvalue weighted by Gasteiger charge is -2.38. The molecular formula is C16H27ClN2. The molecule has 1 rings (SSSR count). The fraction of sp³-hybridized carbons (Fsp3) is 0.625. The van der Waals surface area contributed by atoms with Crippen molar-refractivity contribution in [3.05, 3.63) is 29.3 Å². The smallest absolute Gasteiger partial charge is 0.0637 e. The molecule has 0 aliphatic heterocycles. The summed E-state index contributed by atoms with van der Waals surface area (Å²) in [6.07, 6.45) is 2.10. The quantitative estimate of drug-likeness (QED) is 0.770. The molecule has 1 aromatic carbocycles. The van der Waals surface area contributed by atoms with E-state index < -0.39 is 0 Å². The molecule has 0 saturated carbocycles. The van der Waals surface area contributed by atoms with Crippen LogP contribution in [0.3, 0.4) is 0 Å². The van der Waals surface area contributed by atoms with E-state index in [1.807, 2.05) is 24.3 Å². The van der Waals surface area contributed by atoms with Gasteiger partial charge in [-0.3, -0.25) is 0 Å². The Morgan fingerprint density at radius 2 is 1.63 bits per heavy atom. The third kappa shape index (κ3) is 5.04. The van der Waals surface area contributed by atoms with Crippen LogP contribution in [0.1, 0.15) is 40.5 Å². The molecule has 0 amide bonds. The molecule has 1 aromatic rings. The highest BCUT2D eigenvalue weighted by atomic mass is 35.5. The lowest BCUT2D eigenvalue weighted by Crippen LogP contribution is -2.47. The first-order valence-corrected chi connectivity index (χ1v) is 7.49. The molecule has 108 valence electrons. The van der Waals surface area contributed by atoms with Crippen LogP contribution in [0.2, 0.25) is 5.02 Å². The highest BCUT2D eigenvalue weighted by Crippen LogP contribution is 2.31. The molecule has 0 aliphatic rings. The molecule has 0 spiro atoms. The van der Waals surface area contributed by atoms with Crippen LogP contribution in [-0.4, -0.2) is 12.1 Å². The largest absolute Gasteiger partial charge is 0.377 e. The van der Waals surface area contributed by atoms with Crippen molar-refractivity contribution in [2.75, 3.05) is 11.9 Å². The summed E-state index contributed by atoms with van der Waals surface area (Å²) in [5, 5.41) is 4.37. The van der Waals surface area contributed by atoms with Gasteiger partial charge in [-0.2, -0.15) is 0 Å². The van der Waals surface area contributed by atoms with E-state index in [1.165, 1.54) is 0 Å². The molecule has 0 aromatic heterocycles. The highest BCUT2D eigenvalue weighted by Gasteiger charge is 2.30. The van der Waals surface area contributed by atoms with Crippen molar-refractivity contribution in [1.29, 1.82) is 0 Å². The van der Waals surface area contributed by atoms with Gasteiger partial charge in [0.15, 0.2) is 0 Å². The predicted molar refractivity (Wildman–Crippen MR) is 85.8 cm³/mol. The number of hydrogen-bond donors (Lipinski definition) is 2. The fourth-order valence-electron chi connectivity index (χ4n) is 2.81. The molecular weight excluding hydrogens is 256 g/mol. The van der Waals surface area contributed by atoms with E-state index in [0.29, 0.717) is 18.4 Å². The van der Waals surface area contributed by atoms with E-state index in [2.05, 4.69) is 33.0 Å². The van der Waals surface area contributed by atoms with Crippen LogP contribution in [-0.2, 0) is 0 Å². The first-order chi connectivity index (χ1) is 8.88. The average Bonchev–Trinajstić information content (AvgIpc) is 2.30. The van der Waals surface area contributed by atoms with Crippen molar-refractivity contribution in [1.82, 2.24) is 0 Å². The van der Waals surface area contributed by atoms with Gasteiger partial charge >= 0.3 is 0 Å². The Balaban J connectivity index is 2.98. The minimum absolute atomic E-state index is 0.0761. The zero-order chi connectivity index (χ0) is 14.5. The number of benzene rings is 1. The maximum Gasteiger partial charge on any atom is 0.0637 e. The number of para-hydroxylation sites is 1. The van der Waals surface area contributed by atoms with E-state index in [-0.39, 0.29) is 5.54 Å². The highest BCUT2D eigenvalue weighted by molar-refractivity contribution is 6.33. The zero-order valence-corrected chi connectivity index (χ0v) is 13.3. The van der Waals surface area contributed by atoms with Crippen LogP contribution in [0, 0.1) is 11.8 Å². The van der Waals surface area contributed by atoms with Gasteiger partial charge in [0.2, 0.25) is 0 Å². The lowest BCUT2D eigenvalue weighted by molar-refractivity contribution is 0.317. The summed E-state index contributed by atoms with van der Waals surface area (Å²) in [5.74, 6) is 1.19. The van der Waals surface area contributed by atoms with Gasteiger partial charge in [-0.1, -0.05) is 51.4 Å². The SMILES string of the molecule is CC(C)CC(CN)(CC(C)C)Nc1ccccc1Cl. The molecule has 0 aliphatic carbocycles. The Morgan fingerprint density at radius 1 is 1.11 bits per heavy atom. The summed E-state index contributed by atoms with van der Waals surface area (Å²) in [6.45, 7) is 9.56. The van der Waals surface area contributed by atoms with Gasteiger partial charge < -0.3 is 11.1 Å². The summed E-state index contributed by atoms with van der Waals surface area (Å²) < 4.78 is 0. The summed E-state index contributed by atoms with van der Waals surface area (Å²) in [6, 6.07) is 7.88. The number of halogens is 1. The summed E-state index contributed by atoms with van der Waals surface area (Å²) in [4.78, 5) is 0. The number of hydrogen-bond acceptors (Lipinski definition) is 2. The lowest BCUT2D eigenvalue weighted by atomic mass is 9.81. The van der Waals surface area contributed by atoms with Crippen molar-refractivity contribution >= 4 is 17.3 Å². The van der Waals surface area contributed by atoms with Gasteiger partial charge in [0.1, 0.15) is 0 Å². The Morgan fingerprint density at radius 3 is 2.05 bits per heavy atom. The normalized spacial score (nSPS) is 12.2. The van der Waals surface area contributed by atoms with Crippen LogP contribution in [0.15, 0.2) is 24.3 Å². The van der Waals surface area contributed by atoms with Crippen molar-refractivity contribution in [3.8, 4) is 0 Å². The molecule has 0 radical (unpaired) electrons. The summed E-state index contributed by atoms with van der Waals surface area (Å²) in [7, 11) is 0. The molecule has 0 bridgehead atoms. The van der Waals surface area contributed by atoms with Gasteiger partial charge in [0, 0.05) is 6.54 Å². The molecule has 0 heterocycles. The zero-order valence-electron chi connectivity index (χ0n) is 12.5. The molecule has 3 heteroatoms. The van der Waals surface area contributed by atoms with Crippen LogP contribution < -0.4 is 11.1 Å². The molecule has 2 nitrogen and oxygen atoms in total. The monoisotopic (exact) mass is 282 g/mol. The third-order valence-electron chi connectivity index (χ3n) is 3.26. The Hall–Kier alpha value is -0.730. The van der Waals surface area contributed by atoms with E-state index in [0.717, 1.165) is 23.6 Å². The van der Waals surface area contributed by atoms with Crippen molar-refractivity contribution in [2.24, 2.45) is 17.6 Å². The van der Waals surface area contributed by atoms with Crippen LogP contribution in [0.25, 0.3) is 0 Å². The second kappa shape index (κ2) is 7.16. The van der Waals surface area contributed by atoms with E-state index in [9.17, 15) is 0 Å². The number of rotatable bonds is 7. The maximum atomic E-state index is 6.26. The molecule has 3 N–H and O–H groups in total. The number of nitrogens with two attached hydrogens (primary N) is 1. The third-order valence-corrected chi connectivity index (χ3v) is 3.59. The molecule has 0 atom stereocenters. The molecule has 0 fully saturated rings. The van der Waals surface area contributed by atoms with Crippen LogP contribution >= 0.6 is 11.6 Å². The maximum absolute atomic E-state index is 6.26. The van der Waals surface area contributed by atoms with Crippen LogP contribution in [0.5, 0.6) is 0 Å². The Labute approximate surface area is 122 Å². The van der Waals surface area contributed by atoms with Crippen molar-refractivity contribution in [2.45, 2.75) is 46.1 Å². The summed E-state index contributed by atoms with van der Waals surface area (Å²) in [5.41, 5.74) is 7.00. The fourth-order valence-corrected chi connectivity index (χ4v) is 3.00. The van der Waals surface area contributed by atoms with E-state index in [4.69, 9.17) is 17.3 Å². The molecule has 0 saturated heterocycles. The van der Waals surface area contributed by atoms with Gasteiger partial charge in [-0.25, -0.2) is 0 Å². The van der Waals surface area contributed by atoms with Crippen molar-refractivity contribution < 1.29 is 0 Å².